The second kappa shape index (κ2) is 9.43. The highest BCUT2D eigenvalue weighted by Gasteiger charge is 2.39. The van der Waals surface area contributed by atoms with Crippen LogP contribution >= 0.6 is 0 Å². The molecule has 0 heterocycles. The van der Waals surface area contributed by atoms with E-state index in [1.54, 1.807) is 7.11 Å². The Morgan fingerprint density at radius 1 is 1.22 bits per heavy atom. The van der Waals surface area contributed by atoms with Crippen molar-refractivity contribution in [2.75, 3.05) is 7.11 Å². The molecule has 0 spiro atoms. The SMILES string of the molecule is CCCCCCC(C)(C)c1cc(CO)c(C2(O)CCCC(C)C2)c(OC)c1. The number of hydrogen-bond acceptors (Lipinski definition) is 3. The summed E-state index contributed by atoms with van der Waals surface area (Å²) >= 11 is 0. The molecule has 0 amide bonds. The molecular weight excluding hydrogens is 336 g/mol. The molecule has 2 rings (SSSR count). The third-order valence-electron chi connectivity index (χ3n) is 6.45. The fourth-order valence-electron chi connectivity index (χ4n) is 4.77. The number of methoxy groups -OCH3 is 1. The van der Waals surface area contributed by atoms with Crippen LogP contribution in [0.25, 0.3) is 0 Å². The predicted molar refractivity (Wildman–Crippen MR) is 112 cm³/mol. The normalized spacial score (nSPS) is 23.4. The van der Waals surface area contributed by atoms with Crippen LogP contribution in [0.3, 0.4) is 0 Å². The lowest BCUT2D eigenvalue weighted by atomic mass is 9.71. The molecule has 1 aromatic rings. The molecule has 2 atom stereocenters. The quantitative estimate of drug-likeness (QED) is 0.533. The minimum atomic E-state index is -0.898. The number of aliphatic hydroxyl groups excluding tert-OH is 1. The summed E-state index contributed by atoms with van der Waals surface area (Å²) in [6.07, 6.45) is 9.75. The summed E-state index contributed by atoms with van der Waals surface area (Å²) in [5, 5.41) is 21.6. The van der Waals surface area contributed by atoms with E-state index in [2.05, 4.69) is 39.8 Å². The molecule has 27 heavy (non-hydrogen) atoms. The van der Waals surface area contributed by atoms with E-state index < -0.39 is 5.60 Å². The van der Waals surface area contributed by atoms with Gasteiger partial charge in [-0.15, -0.1) is 0 Å². The fraction of sp³-hybridized carbons (Fsp3) is 0.750. The van der Waals surface area contributed by atoms with Gasteiger partial charge < -0.3 is 14.9 Å². The Labute approximate surface area is 166 Å². The molecule has 1 aromatic carbocycles. The number of benzene rings is 1. The van der Waals surface area contributed by atoms with Crippen LogP contribution in [-0.2, 0) is 17.6 Å². The molecule has 0 aromatic heterocycles. The first-order chi connectivity index (χ1) is 12.8. The summed E-state index contributed by atoms with van der Waals surface area (Å²) in [4.78, 5) is 0. The summed E-state index contributed by atoms with van der Waals surface area (Å²) in [5.74, 6) is 1.21. The molecule has 0 radical (unpaired) electrons. The minimum absolute atomic E-state index is 0.0198. The van der Waals surface area contributed by atoms with Gasteiger partial charge in [0.15, 0.2) is 0 Å². The topological polar surface area (TPSA) is 49.7 Å². The molecule has 3 nitrogen and oxygen atoms in total. The first-order valence-electron chi connectivity index (χ1n) is 10.8. The van der Waals surface area contributed by atoms with E-state index in [1.807, 2.05) is 0 Å². The molecule has 1 saturated carbocycles. The Bertz CT molecular complexity index is 583. The third-order valence-corrected chi connectivity index (χ3v) is 6.45. The summed E-state index contributed by atoms with van der Waals surface area (Å²) in [6.45, 7) is 8.90. The van der Waals surface area contributed by atoms with Crippen molar-refractivity contribution in [2.45, 2.75) is 103 Å². The monoisotopic (exact) mass is 376 g/mol. The lowest BCUT2D eigenvalue weighted by Crippen LogP contribution is -2.34. The smallest absolute Gasteiger partial charge is 0.125 e. The van der Waals surface area contributed by atoms with Gasteiger partial charge in [-0.3, -0.25) is 0 Å². The Kier molecular flexibility index (Phi) is 7.76. The van der Waals surface area contributed by atoms with E-state index in [0.29, 0.717) is 5.92 Å². The maximum absolute atomic E-state index is 11.4. The van der Waals surface area contributed by atoms with Crippen LogP contribution in [0.15, 0.2) is 12.1 Å². The Morgan fingerprint density at radius 2 is 1.96 bits per heavy atom. The van der Waals surface area contributed by atoms with Crippen molar-refractivity contribution in [3.8, 4) is 5.75 Å². The van der Waals surface area contributed by atoms with Crippen molar-refractivity contribution in [3.05, 3.63) is 28.8 Å². The maximum atomic E-state index is 11.4. The summed E-state index contributed by atoms with van der Waals surface area (Å²) < 4.78 is 5.75. The molecule has 1 aliphatic carbocycles. The zero-order valence-electron chi connectivity index (χ0n) is 18.1. The van der Waals surface area contributed by atoms with E-state index in [0.717, 1.165) is 49.0 Å². The Hall–Kier alpha value is -1.06. The van der Waals surface area contributed by atoms with Crippen molar-refractivity contribution in [3.63, 3.8) is 0 Å². The number of ether oxygens (including phenoxy) is 1. The van der Waals surface area contributed by atoms with E-state index >= 15 is 0 Å². The highest BCUT2D eigenvalue weighted by Crippen LogP contribution is 2.46. The van der Waals surface area contributed by atoms with Crippen LogP contribution in [0, 0.1) is 5.92 Å². The summed E-state index contributed by atoms with van der Waals surface area (Å²) in [5.41, 5.74) is 1.94. The molecule has 0 aliphatic heterocycles. The van der Waals surface area contributed by atoms with Gasteiger partial charge in [0.1, 0.15) is 5.75 Å². The van der Waals surface area contributed by atoms with Gasteiger partial charge in [0.25, 0.3) is 0 Å². The zero-order chi connectivity index (χ0) is 20.1. The van der Waals surface area contributed by atoms with Gasteiger partial charge in [-0.1, -0.05) is 65.9 Å². The van der Waals surface area contributed by atoms with Gasteiger partial charge in [0.05, 0.1) is 19.3 Å². The number of unbranched alkanes of at least 4 members (excludes halogenated alkanes) is 3. The lowest BCUT2D eigenvalue weighted by Gasteiger charge is -2.38. The Balaban J connectivity index is 2.38. The van der Waals surface area contributed by atoms with E-state index in [4.69, 9.17) is 4.74 Å². The number of aliphatic hydroxyl groups is 2. The molecule has 3 heteroatoms. The number of hydrogen-bond donors (Lipinski definition) is 2. The highest BCUT2D eigenvalue weighted by molar-refractivity contribution is 5.49. The van der Waals surface area contributed by atoms with E-state index in [1.165, 1.54) is 31.2 Å². The van der Waals surface area contributed by atoms with Gasteiger partial charge in [-0.2, -0.15) is 0 Å². The first-order valence-corrected chi connectivity index (χ1v) is 10.8. The molecule has 1 fully saturated rings. The molecule has 2 N–H and O–H groups in total. The van der Waals surface area contributed by atoms with Gasteiger partial charge >= 0.3 is 0 Å². The van der Waals surface area contributed by atoms with Crippen molar-refractivity contribution in [2.24, 2.45) is 5.92 Å². The molecule has 2 unspecified atom stereocenters. The largest absolute Gasteiger partial charge is 0.496 e. The van der Waals surface area contributed by atoms with Crippen LogP contribution < -0.4 is 4.74 Å². The van der Waals surface area contributed by atoms with Crippen LogP contribution in [0.4, 0.5) is 0 Å². The van der Waals surface area contributed by atoms with Gasteiger partial charge in [-0.25, -0.2) is 0 Å². The predicted octanol–water partition coefficient (Wildman–Crippen LogP) is 5.83. The van der Waals surface area contributed by atoms with Crippen molar-refractivity contribution in [1.82, 2.24) is 0 Å². The van der Waals surface area contributed by atoms with Crippen LogP contribution in [0.5, 0.6) is 5.75 Å². The molecule has 0 saturated heterocycles. The first kappa shape index (κ1) is 22.2. The second-order valence-corrected chi connectivity index (χ2v) is 9.30. The second-order valence-electron chi connectivity index (χ2n) is 9.30. The van der Waals surface area contributed by atoms with Crippen molar-refractivity contribution >= 4 is 0 Å². The third kappa shape index (κ3) is 5.26. The van der Waals surface area contributed by atoms with Crippen molar-refractivity contribution in [1.29, 1.82) is 0 Å². The van der Waals surface area contributed by atoms with Gasteiger partial charge in [0, 0.05) is 5.56 Å². The minimum Gasteiger partial charge on any atom is -0.496 e. The average molecular weight is 377 g/mol. The van der Waals surface area contributed by atoms with E-state index in [9.17, 15) is 10.2 Å². The summed E-state index contributed by atoms with van der Waals surface area (Å²) in [6, 6.07) is 4.21. The molecule has 1 aliphatic rings. The molecular formula is C24H40O3. The van der Waals surface area contributed by atoms with Crippen molar-refractivity contribution < 1.29 is 14.9 Å². The van der Waals surface area contributed by atoms with Crippen LogP contribution in [0.2, 0.25) is 0 Å². The van der Waals surface area contributed by atoms with Gasteiger partial charge in [0.2, 0.25) is 0 Å². The fourth-order valence-corrected chi connectivity index (χ4v) is 4.77. The average Bonchev–Trinajstić information content (AvgIpc) is 2.63. The maximum Gasteiger partial charge on any atom is 0.125 e. The van der Waals surface area contributed by atoms with Crippen LogP contribution in [0.1, 0.15) is 102 Å². The standard InChI is InChI=1S/C24H40O3/c1-6-7-8-9-12-23(3,4)20-14-19(17-25)22(21(15-20)27-5)24(26)13-10-11-18(2)16-24/h14-15,18,25-26H,6-13,16-17H2,1-5H3. The highest BCUT2D eigenvalue weighted by atomic mass is 16.5. The Morgan fingerprint density at radius 3 is 2.56 bits per heavy atom. The molecule has 0 bridgehead atoms. The lowest BCUT2D eigenvalue weighted by molar-refractivity contribution is -0.0211. The van der Waals surface area contributed by atoms with Gasteiger partial charge in [-0.05, 0) is 54.2 Å². The molecule has 154 valence electrons. The number of rotatable bonds is 9. The zero-order valence-corrected chi connectivity index (χ0v) is 18.1. The van der Waals surface area contributed by atoms with E-state index in [-0.39, 0.29) is 12.0 Å². The van der Waals surface area contributed by atoms with Crippen LogP contribution in [-0.4, -0.2) is 17.3 Å². The summed E-state index contributed by atoms with van der Waals surface area (Å²) in [7, 11) is 1.67.